The molecule has 90 valence electrons. The van der Waals surface area contributed by atoms with Gasteiger partial charge in [-0.1, -0.05) is 5.16 Å². The largest absolute Gasteiger partial charge is 0.340 e. The van der Waals surface area contributed by atoms with E-state index in [0.29, 0.717) is 18.5 Å². The minimum Gasteiger partial charge on any atom is -0.340 e. The molecule has 1 saturated heterocycles. The van der Waals surface area contributed by atoms with E-state index in [1.54, 1.807) is 6.92 Å². The van der Waals surface area contributed by atoms with Gasteiger partial charge in [0, 0.05) is 39.1 Å². The van der Waals surface area contributed by atoms with Crippen LogP contribution in [0.3, 0.4) is 0 Å². The molecule has 6 heteroatoms. The van der Waals surface area contributed by atoms with E-state index in [0.717, 1.165) is 32.0 Å². The number of likely N-dealkylation sites (N-methyl/N-ethyl adjacent to an activating group) is 1. The van der Waals surface area contributed by atoms with E-state index < -0.39 is 0 Å². The van der Waals surface area contributed by atoms with Crippen LogP contribution < -0.4 is 5.73 Å². The van der Waals surface area contributed by atoms with Crippen molar-refractivity contribution < 1.29 is 4.52 Å². The summed E-state index contributed by atoms with van der Waals surface area (Å²) in [5, 5.41) is 3.92. The zero-order valence-electron chi connectivity index (χ0n) is 9.89. The molecule has 1 aliphatic heterocycles. The van der Waals surface area contributed by atoms with E-state index >= 15 is 0 Å². The van der Waals surface area contributed by atoms with Crippen LogP contribution >= 0.6 is 0 Å². The average Bonchev–Trinajstić information content (AvgIpc) is 2.67. The van der Waals surface area contributed by atoms with Crippen LogP contribution in [0.4, 0.5) is 0 Å². The molecule has 6 nitrogen and oxygen atoms in total. The summed E-state index contributed by atoms with van der Waals surface area (Å²) in [6.07, 6.45) is 0. The summed E-state index contributed by atoms with van der Waals surface area (Å²) in [6.45, 7) is 6.28. The van der Waals surface area contributed by atoms with Crippen LogP contribution in [0.5, 0.6) is 0 Å². The molecular formula is C10H19N5O. The molecule has 1 atom stereocenters. The van der Waals surface area contributed by atoms with Gasteiger partial charge in [-0.15, -0.1) is 0 Å². The summed E-state index contributed by atoms with van der Waals surface area (Å²) in [7, 11) is 2.12. The molecule has 2 heterocycles. The Morgan fingerprint density at radius 2 is 2.31 bits per heavy atom. The van der Waals surface area contributed by atoms with E-state index in [-0.39, 0.29) is 0 Å². The highest BCUT2D eigenvalue weighted by molar-refractivity contribution is 4.89. The number of rotatable bonds is 3. The van der Waals surface area contributed by atoms with Crippen LogP contribution in [0.1, 0.15) is 11.7 Å². The lowest BCUT2D eigenvalue weighted by Gasteiger charge is -2.38. The average molecular weight is 225 g/mol. The standard InChI is InChI=1S/C10H19N5O/c1-8-12-10(13-16-8)7-15-4-3-14(2)6-9(15)5-11/h9H,3-7,11H2,1-2H3. The maximum absolute atomic E-state index is 5.78. The van der Waals surface area contributed by atoms with Crippen molar-refractivity contribution in [2.45, 2.75) is 19.5 Å². The Hall–Kier alpha value is -0.980. The first-order valence-electron chi connectivity index (χ1n) is 5.61. The Bertz CT molecular complexity index is 340. The maximum Gasteiger partial charge on any atom is 0.223 e. The normalized spacial score (nSPS) is 23.8. The predicted molar refractivity (Wildman–Crippen MR) is 59.8 cm³/mol. The molecular weight excluding hydrogens is 206 g/mol. The van der Waals surface area contributed by atoms with Gasteiger partial charge in [-0.25, -0.2) is 0 Å². The van der Waals surface area contributed by atoms with Gasteiger partial charge >= 0.3 is 0 Å². The second-order valence-corrected chi connectivity index (χ2v) is 4.35. The van der Waals surface area contributed by atoms with Gasteiger partial charge in [-0.2, -0.15) is 4.98 Å². The SMILES string of the molecule is Cc1nc(CN2CCN(C)CC2CN)no1. The fourth-order valence-corrected chi connectivity index (χ4v) is 2.07. The van der Waals surface area contributed by atoms with E-state index in [9.17, 15) is 0 Å². The van der Waals surface area contributed by atoms with Gasteiger partial charge in [0.25, 0.3) is 0 Å². The highest BCUT2D eigenvalue weighted by Crippen LogP contribution is 2.10. The third-order valence-corrected chi connectivity index (χ3v) is 2.99. The Kier molecular flexibility index (Phi) is 3.52. The smallest absolute Gasteiger partial charge is 0.223 e. The summed E-state index contributed by atoms with van der Waals surface area (Å²) < 4.78 is 4.97. The lowest BCUT2D eigenvalue weighted by Crippen LogP contribution is -2.54. The molecule has 2 rings (SSSR count). The Morgan fingerprint density at radius 3 is 2.94 bits per heavy atom. The van der Waals surface area contributed by atoms with E-state index in [1.807, 2.05) is 0 Å². The lowest BCUT2D eigenvalue weighted by molar-refractivity contribution is 0.0851. The van der Waals surface area contributed by atoms with Crippen molar-refractivity contribution in [3.05, 3.63) is 11.7 Å². The first-order valence-corrected chi connectivity index (χ1v) is 5.61. The Labute approximate surface area is 95.4 Å². The second kappa shape index (κ2) is 4.90. The number of aryl methyl sites for hydroxylation is 1. The molecule has 1 unspecified atom stereocenters. The van der Waals surface area contributed by atoms with Crippen LogP contribution in [-0.4, -0.2) is 59.2 Å². The predicted octanol–water partition coefficient (Wildman–Crippen LogP) is -0.547. The first-order chi connectivity index (χ1) is 7.69. The maximum atomic E-state index is 5.78. The Morgan fingerprint density at radius 1 is 1.50 bits per heavy atom. The number of nitrogens with two attached hydrogens (primary N) is 1. The summed E-state index contributed by atoms with van der Waals surface area (Å²) in [6, 6.07) is 0.387. The third kappa shape index (κ3) is 2.58. The zero-order chi connectivity index (χ0) is 11.5. The third-order valence-electron chi connectivity index (χ3n) is 2.99. The molecule has 0 aliphatic carbocycles. The van der Waals surface area contributed by atoms with Crippen LogP contribution in [0.15, 0.2) is 4.52 Å². The molecule has 1 fully saturated rings. The van der Waals surface area contributed by atoms with Crippen molar-refractivity contribution in [3.8, 4) is 0 Å². The fraction of sp³-hybridized carbons (Fsp3) is 0.800. The van der Waals surface area contributed by atoms with Gasteiger partial charge in [0.15, 0.2) is 5.82 Å². The summed E-state index contributed by atoms with van der Waals surface area (Å²) in [4.78, 5) is 8.84. The molecule has 16 heavy (non-hydrogen) atoms. The van der Waals surface area contributed by atoms with Gasteiger partial charge in [0.1, 0.15) is 0 Å². The molecule has 0 bridgehead atoms. The minimum absolute atomic E-state index is 0.387. The quantitative estimate of drug-likeness (QED) is 0.744. The number of piperazine rings is 1. The van der Waals surface area contributed by atoms with E-state index in [2.05, 4.69) is 27.0 Å². The first kappa shape index (κ1) is 11.5. The zero-order valence-corrected chi connectivity index (χ0v) is 9.89. The molecule has 2 N–H and O–H groups in total. The summed E-state index contributed by atoms with van der Waals surface area (Å²) in [5.74, 6) is 1.37. The fourth-order valence-electron chi connectivity index (χ4n) is 2.07. The molecule has 0 amide bonds. The number of hydrogen-bond acceptors (Lipinski definition) is 6. The van der Waals surface area contributed by atoms with Crippen molar-refractivity contribution >= 4 is 0 Å². The topological polar surface area (TPSA) is 71.4 Å². The molecule has 1 aliphatic rings. The Balaban J connectivity index is 1.97. The van der Waals surface area contributed by atoms with Gasteiger partial charge < -0.3 is 15.2 Å². The van der Waals surface area contributed by atoms with Crippen molar-refractivity contribution in [1.82, 2.24) is 19.9 Å². The number of hydrogen-bond donors (Lipinski definition) is 1. The van der Waals surface area contributed by atoms with Crippen LogP contribution in [0, 0.1) is 6.92 Å². The monoisotopic (exact) mass is 225 g/mol. The summed E-state index contributed by atoms with van der Waals surface area (Å²) >= 11 is 0. The van der Waals surface area contributed by atoms with Crippen molar-refractivity contribution in [1.29, 1.82) is 0 Å². The van der Waals surface area contributed by atoms with E-state index in [4.69, 9.17) is 10.3 Å². The van der Waals surface area contributed by atoms with Crippen LogP contribution in [0.2, 0.25) is 0 Å². The van der Waals surface area contributed by atoms with Crippen LogP contribution in [-0.2, 0) is 6.54 Å². The summed E-state index contributed by atoms with van der Waals surface area (Å²) in [5.41, 5.74) is 5.78. The molecule has 0 radical (unpaired) electrons. The van der Waals surface area contributed by atoms with Gasteiger partial charge in [-0.05, 0) is 7.05 Å². The minimum atomic E-state index is 0.387. The van der Waals surface area contributed by atoms with Gasteiger partial charge in [-0.3, -0.25) is 4.90 Å². The molecule has 1 aromatic heterocycles. The molecule has 0 spiro atoms. The number of nitrogens with zero attached hydrogens (tertiary/aromatic N) is 4. The highest BCUT2D eigenvalue weighted by atomic mass is 16.5. The highest BCUT2D eigenvalue weighted by Gasteiger charge is 2.25. The molecule has 0 aromatic carbocycles. The van der Waals surface area contributed by atoms with E-state index in [1.165, 1.54) is 0 Å². The molecule has 1 aromatic rings. The van der Waals surface area contributed by atoms with Crippen molar-refractivity contribution in [2.24, 2.45) is 5.73 Å². The second-order valence-electron chi connectivity index (χ2n) is 4.35. The molecule has 0 saturated carbocycles. The van der Waals surface area contributed by atoms with Crippen molar-refractivity contribution in [3.63, 3.8) is 0 Å². The van der Waals surface area contributed by atoms with Crippen LogP contribution in [0.25, 0.3) is 0 Å². The lowest BCUT2D eigenvalue weighted by atomic mass is 10.1. The van der Waals surface area contributed by atoms with Crippen molar-refractivity contribution in [2.75, 3.05) is 33.2 Å². The number of aromatic nitrogens is 2. The van der Waals surface area contributed by atoms with Gasteiger partial charge in [0.05, 0.1) is 6.54 Å². The van der Waals surface area contributed by atoms with Gasteiger partial charge in [0.2, 0.25) is 5.89 Å².